The number of fused-ring (bicyclic) bond motifs is 2. The van der Waals surface area contributed by atoms with Crippen LogP contribution >= 0.6 is 47.8 Å². The zero-order chi connectivity index (χ0) is 26.3. The van der Waals surface area contributed by atoms with Crippen LogP contribution in [0.2, 0.25) is 0 Å². The minimum atomic E-state index is -0.155. The predicted octanol–water partition coefficient (Wildman–Crippen LogP) is 9.75. The fourth-order valence-electron chi connectivity index (χ4n) is 5.04. The fraction of sp³-hybridized carbons (Fsp3) is 0.200. The van der Waals surface area contributed by atoms with Gasteiger partial charge in [0.25, 0.3) is 0 Å². The molecule has 0 fully saturated rings. The van der Waals surface area contributed by atoms with Crippen LogP contribution < -0.4 is 10.1 Å². The number of hydrogen-bond donors (Lipinski definition) is 1. The Morgan fingerprint density at radius 3 is 2.30 bits per heavy atom. The van der Waals surface area contributed by atoms with Crippen molar-refractivity contribution >= 4 is 75.1 Å². The Morgan fingerprint density at radius 2 is 1.65 bits per heavy atom. The maximum absolute atomic E-state index is 14.0. The SMILES string of the molecule is CCCc1cccc(CCC)c1NC(=O)c1cc(Br)c2c3c(c(Br)cc([CH]=[Co])c13)Oc1ccc(Br)cc1-2. The molecule has 1 amide bonds. The van der Waals surface area contributed by atoms with E-state index in [-0.39, 0.29) is 5.91 Å². The van der Waals surface area contributed by atoms with Gasteiger partial charge in [-0.2, -0.15) is 0 Å². The van der Waals surface area contributed by atoms with Crippen LogP contribution in [0.25, 0.3) is 21.9 Å². The molecule has 0 spiro atoms. The van der Waals surface area contributed by atoms with Crippen LogP contribution in [0.4, 0.5) is 5.69 Å². The number of nitrogens with one attached hydrogen (secondary N) is 1. The van der Waals surface area contributed by atoms with E-state index in [2.05, 4.69) is 100 Å². The first-order valence-corrected chi connectivity index (χ1v) is 15.1. The van der Waals surface area contributed by atoms with Crippen LogP contribution in [0.5, 0.6) is 11.5 Å². The normalized spacial score (nSPS) is 11.7. The van der Waals surface area contributed by atoms with Crippen molar-refractivity contribution in [1.29, 1.82) is 0 Å². The average molecular weight is 729 g/mol. The zero-order valence-electron chi connectivity index (χ0n) is 20.3. The molecule has 1 heterocycles. The Balaban J connectivity index is 1.75. The molecular weight excluding hydrogens is 705 g/mol. The van der Waals surface area contributed by atoms with Crippen molar-refractivity contribution in [1.82, 2.24) is 0 Å². The number of hydrogen-bond acceptors (Lipinski definition) is 2. The molecule has 191 valence electrons. The maximum atomic E-state index is 14.0. The topological polar surface area (TPSA) is 38.3 Å². The summed E-state index contributed by atoms with van der Waals surface area (Å²) in [6.45, 7) is 4.31. The van der Waals surface area contributed by atoms with E-state index in [1.807, 2.05) is 30.3 Å². The molecular formula is C30H24Br3CoNO2. The summed E-state index contributed by atoms with van der Waals surface area (Å²) in [4.78, 5) is 15.8. The van der Waals surface area contributed by atoms with Crippen molar-refractivity contribution in [3.63, 3.8) is 0 Å². The summed E-state index contributed by atoms with van der Waals surface area (Å²) in [7, 11) is 0. The van der Waals surface area contributed by atoms with Crippen LogP contribution in [0.3, 0.4) is 0 Å². The first-order valence-electron chi connectivity index (χ1n) is 12.2. The molecule has 1 aliphatic heterocycles. The summed E-state index contributed by atoms with van der Waals surface area (Å²) < 4.78 is 8.96. The summed E-state index contributed by atoms with van der Waals surface area (Å²) in [5.74, 6) is 1.29. The average Bonchev–Trinajstić information content (AvgIpc) is 2.88. The van der Waals surface area contributed by atoms with Gasteiger partial charge in [-0.05, 0) is 0 Å². The molecule has 0 atom stereocenters. The van der Waals surface area contributed by atoms with Crippen molar-refractivity contribution in [3.8, 4) is 22.6 Å². The molecule has 0 aliphatic carbocycles. The molecule has 4 aromatic rings. The van der Waals surface area contributed by atoms with E-state index < -0.39 is 0 Å². The van der Waals surface area contributed by atoms with Gasteiger partial charge in [0.15, 0.2) is 0 Å². The number of anilines is 1. The number of aryl methyl sites for hydroxylation is 2. The van der Waals surface area contributed by atoms with Gasteiger partial charge in [0.05, 0.1) is 0 Å². The van der Waals surface area contributed by atoms with Crippen molar-refractivity contribution in [3.05, 3.63) is 84.2 Å². The van der Waals surface area contributed by atoms with Gasteiger partial charge in [0.1, 0.15) is 0 Å². The minimum absolute atomic E-state index is 0.155. The standard InChI is InChI=1S/C30H24Br3NO2.Co/c1-4-7-17-9-6-10-18(8-5-2)28(17)34-30(35)21-15-22(32)26-20-14-19(31)11-12-24(20)36-29-23(33)13-16(3)25(21)27(26)29;/h3,6,9-15H,4-5,7-8H2,1-2H3,(H,34,35);. The van der Waals surface area contributed by atoms with Crippen LogP contribution in [0.1, 0.15) is 53.7 Å². The number of ether oxygens (including phenoxy) is 1. The van der Waals surface area contributed by atoms with E-state index in [1.54, 1.807) is 4.96 Å². The van der Waals surface area contributed by atoms with Gasteiger partial charge >= 0.3 is 252 Å². The molecule has 0 unspecified atom stereocenters. The van der Waals surface area contributed by atoms with Crippen LogP contribution in [0.15, 0.2) is 61.9 Å². The molecule has 0 aromatic heterocycles. The van der Waals surface area contributed by atoms with Gasteiger partial charge in [-0.15, -0.1) is 0 Å². The molecule has 1 N–H and O–H groups in total. The molecule has 0 bridgehead atoms. The van der Waals surface area contributed by atoms with E-state index in [9.17, 15) is 4.79 Å². The quantitative estimate of drug-likeness (QED) is 0.181. The molecule has 0 saturated carbocycles. The van der Waals surface area contributed by atoms with Crippen LogP contribution in [-0.2, 0) is 28.1 Å². The van der Waals surface area contributed by atoms with E-state index in [0.717, 1.165) is 89.1 Å². The van der Waals surface area contributed by atoms with Crippen molar-refractivity contribution < 1.29 is 24.8 Å². The molecule has 4 aromatic carbocycles. The summed E-state index contributed by atoms with van der Waals surface area (Å²) in [5, 5.41) is 4.97. The number of carbonyl (C=O) groups is 1. The third kappa shape index (κ3) is 4.89. The van der Waals surface area contributed by atoms with E-state index in [1.165, 1.54) is 0 Å². The number of para-hydroxylation sites is 1. The van der Waals surface area contributed by atoms with Crippen molar-refractivity contribution in [2.75, 3.05) is 5.32 Å². The molecule has 3 nitrogen and oxygen atoms in total. The molecule has 1 aliphatic rings. The summed E-state index contributed by atoms with van der Waals surface area (Å²) >= 11 is 15.7. The molecule has 37 heavy (non-hydrogen) atoms. The second-order valence-corrected chi connectivity index (χ2v) is 12.0. The number of amides is 1. The molecule has 0 saturated heterocycles. The summed E-state index contributed by atoms with van der Waals surface area (Å²) in [5.41, 5.74) is 6.58. The fourth-order valence-corrected chi connectivity index (χ4v) is 6.80. The van der Waals surface area contributed by atoms with Crippen molar-refractivity contribution in [2.24, 2.45) is 0 Å². The summed E-state index contributed by atoms with van der Waals surface area (Å²) in [6.07, 6.45) is 3.82. The number of benzene rings is 4. The Hall–Kier alpha value is -1.77. The van der Waals surface area contributed by atoms with Crippen molar-refractivity contribution in [2.45, 2.75) is 39.5 Å². The number of rotatable bonds is 7. The monoisotopic (exact) mass is 726 g/mol. The number of halogens is 3. The molecule has 5 rings (SSSR count). The second-order valence-electron chi connectivity index (χ2n) is 9.05. The van der Waals surface area contributed by atoms with Gasteiger partial charge in [-0.25, -0.2) is 0 Å². The van der Waals surface area contributed by atoms with Gasteiger partial charge in [0.2, 0.25) is 0 Å². The van der Waals surface area contributed by atoms with E-state index >= 15 is 0 Å². The van der Waals surface area contributed by atoms with E-state index in [4.69, 9.17) is 4.74 Å². The Morgan fingerprint density at radius 1 is 0.946 bits per heavy atom. The zero-order valence-corrected chi connectivity index (χ0v) is 26.1. The Labute approximate surface area is 249 Å². The predicted molar refractivity (Wildman–Crippen MR) is 160 cm³/mol. The Kier molecular flexibility index (Phi) is 8.08. The van der Waals surface area contributed by atoms with Crippen LogP contribution in [-0.4, -0.2) is 10.9 Å². The molecule has 7 heteroatoms. The summed E-state index contributed by atoms with van der Waals surface area (Å²) in [6, 6.07) is 16.1. The number of carbonyl (C=O) groups excluding carboxylic acids is 1. The van der Waals surface area contributed by atoms with Gasteiger partial charge in [0, 0.05) is 0 Å². The third-order valence-electron chi connectivity index (χ3n) is 6.58. The van der Waals surface area contributed by atoms with Gasteiger partial charge in [-0.1, -0.05) is 0 Å². The Bertz CT molecular complexity index is 1560. The molecule has 0 radical (unpaired) electrons. The van der Waals surface area contributed by atoms with Crippen LogP contribution in [0, 0.1) is 0 Å². The third-order valence-corrected chi connectivity index (χ3v) is 8.61. The van der Waals surface area contributed by atoms with Gasteiger partial charge < -0.3 is 0 Å². The first kappa shape index (κ1) is 26.8. The first-order chi connectivity index (χ1) is 17.9. The van der Waals surface area contributed by atoms with E-state index in [0.29, 0.717) is 11.3 Å². The van der Waals surface area contributed by atoms with Gasteiger partial charge in [-0.3, -0.25) is 0 Å². The second kappa shape index (κ2) is 11.1.